The number of amides is 1. The molecule has 1 heterocycles. The molecule has 3 rings (SSSR count). The Morgan fingerprint density at radius 2 is 1.83 bits per heavy atom. The molecule has 0 saturated carbocycles. The maximum atomic E-state index is 12.9. The lowest BCUT2D eigenvalue weighted by Crippen LogP contribution is -2.44. The molecule has 1 aliphatic rings. The average molecular weight is 351 g/mol. The second-order valence-electron chi connectivity index (χ2n) is 5.22. The lowest BCUT2D eigenvalue weighted by molar-refractivity contribution is 0.0609. The van der Waals surface area contributed by atoms with Gasteiger partial charge in [-0.3, -0.25) is 4.79 Å². The molecule has 1 aliphatic heterocycles. The standard InChI is InChI=1S/C17H16Cl2N2O2/c1-23-10-9-21-16(15-12(18)6-4-7-13(15)19)20-14-8-3-2-5-11(14)17(21)22/h2-8,16,20H,9-10H2,1H3/t16-/m0/s1. The minimum atomic E-state index is -0.436. The van der Waals surface area contributed by atoms with Gasteiger partial charge in [0.25, 0.3) is 5.91 Å². The summed E-state index contributed by atoms with van der Waals surface area (Å²) in [7, 11) is 1.60. The van der Waals surface area contributed by atoms with Gasteiger partial charge >= 0.3 is 0 Å². The number of benzene rings is 2. The first-order valence-electron chi connectivity index (χ1n) is 7.23. The third-order valence-electron chi connectivity index (χ3n) is 3.83. The van der Waals surface area contributed by atoms with Crippen LogP contribution in [-0.2, 0) is 4.74 Å². The summed E-state index contributed by atoms with van der Waals surface area (Å²) in [6.45, 7) is 0.858. The van der Waals surface area contributed by atoms with E-state index < -0.39 is 6.17 Å². The fraction of sp³-hybridized carbons (Fsp3) is 0.235. The molecule has 0 unspecified atom stereocenters. The van der Waals surface area contributed by atoms with E-state index in [-0.39, 0.29) is 5.91 Å². The van der Waals surface area contributed by atoms with Gasteiger partial charge in [-0.05, 0) is 24.3 Å². The molecule has 4 nitrogen and oxygen atoms in total. The number of halogens is 2. The second-order valence-corrected chi connectivity index (χ2v) is 6.03. The Bertz CT molecular complexity index is 716. The minimum absolute atomic E-state index is 0.0719. The van der Waals surface area contributed by atoms with Crippen LogP contribution < -0.4 is 5.32 Å². The minimum Gasteiger partial charge on any atom is -0.383 e. The first-order valence-corrected chi connectivity index (χ1v) is 7.98. The van der Waals surface area contributed by atoms with Gasteiger partial charge in [0.1, 0.15) is 6.17 Å². The molecule has 1 N–H and O–H groups in total. The molecule has 0 spiro atoms. The van der Waals surface area contributed by atoms with Crippen molar-refractivity contribution >= 4 is 34.8 Å². The molecule has 23 heavy (non-hydrogen) atoms. The molecule has 0 fully saturated rings. The van der Waals surface area contributed by atoms with Crippen molar-refractivity contribution in [1.82, 2.24) is 4.90 Å². The number of hydrogen-bond acceptors (Lipinski definition) is 3. The molecule has 1 atom stereocenters. The topological polar surface area (TPSA) is 41.6 Å². The number of carbonyl (C=O) groups is 1. The molecular formula is C17H16Cl2N2O2. The Hall–Kier alpha value is -1.75. The Morgan fingerprint density at radius 1 is 1.13 bits per heavy atom. The van der Waals surface area contributed by atoms with Crippen molar-refractivity contribution < 1.29 is 9.53 Å². The summed E-state index contributed by atoms with van der Waals surface area (Å²) in [6, 6.07) is 12.7. The van der Waals surface area contributed by atoms with Crippen molar-refractivity contribution in [3.63, 3.8) is 0 Å². The number of hydrogen-bond donors (Lipinski definition) is 1. The van der Waals surface area contributed by atoms with Crippen LogP contribution in [0.4, 0.5) is 5.69 Å². The van der Waals surface area contributed by atoms with Crippen LogP contribution in [0.5, 0.6) is 0 Å². The van der Waals surface area contributed by atoms with Crippen LogP contribution in [-0.4, -0.2) is 31.1 Å². The number of ether oxygens (including phenoxy) is 1. The van der Waals surface area contributed by atoms with Gasteiger partial charge in [0.05, 0.1) is 12.2 Å². The monoisotopic (exact) mass is 350 g/mol. The zero-order valence-electron chi connectivity index (χ0n) is 12.6. The zero-order chi connectivity index (χ0) is 16.4. The van der Waals surface area contributed by atoms with E-state index in [1.54, 1.807) is 36.3 Å². The van der Waals surface area contributed by atoms with E-state index in [2.05, 4.69) is 5.32 Å². The highest BCUT2D eigenvalue weighted by Crippen LogP contribution is 2.38. The summed E-state index contributed by atoms with van der Waals surface area (Å²) in [5, 5.41) is 4.40. The van der Waals surface area contributed by atoms with Crippen LogP contribution in [0.3, 0.4) is 0 Å². The summed E-state index contributed by atoms with van der Waals surface area (Å²) >= 11 is 12.7. The van der Waals surface area contributed by atoms with Gasteiger partial charge in [-0.25, -0.2) is 0 Å². The molecule has 0 radical (unpaired) electrons. The molecule has 0 aliphatic carbocycles. The van der Waals surface area contributed by atoms with E-state index in [4.69, 9.17) is 27.9 Å². The van der Waals surface area contributed by atoms with Gasteiger partial charge in [0.2, 0.25) is 0 Å². The highest BCUT2D eigenvalue weighted by molar-refractivity contribution is 6.36. The number of methoxy groups -OCH3 is 1. The fourth-order valence-corrected chi connectivity index (χ4v) is 3.32. The molecule has 2 aromatic carbocycles. The molecule has 1 amide bonds. The van der Waals surface area contributed by atoms with Gasteiger partial charge in [-0.1, -0.05) is 41.4 Å². The van der Waals surface area contributed by atoms with Gasteiger partial charge in [-0.15, -0.1) is 0 Å². The smallest absolute Gasteiger partial charge is 0.257 e. The van der Waals surface area contributed by atoms with Gasteiger partial charge < -0.3 is 15.0 Å². The van der Waals surface area contributed by atoms with Gasteiger partial charge in [0.15, 0.2) is 0 Å². The summed E-state index contributed by atoms with van der Waals surface area (Å²) in [6.07, 6.45) is -0.436. The van der Waals surface area contributed by atoms with Crippen LogP contribution in [0.2, 0.25) is 10.0 Å². The van der Waals surface area contributed by atoms with Crippen LogP contribution in [0, 0.1) is 0 Å². The maximum absolute atomic E-state index is 12.9. The normalized spacial score (nSPS) is 16.9. The van der Waals surface area contributed by atoms with Crippen LogP contribution in [0.1, 0.15) is 22.1 Å². The van der Waals surface area contributed by atoms with Crippen molar-refractivity contribution in [3.8, 4) is 0 Å². The van der Waals surface area contributed by atoms with Gasteiger partial charge in [-0.2, -0.15) is 0 Å². The van der Waals surface area contributed by atoms with Crippen LogP contribution in [0.25, 0.3) is 0 Å². The quantitative estimate of drug-likeness (QED) is 0.897. The molecule has 0 bridgehead atoms. The number of rotatable bonds is 4. The number of fused-ring (bicyclic) bond motifs is 1. The average Bonchev–Trinajstić information content (AvgIpc) is 2.54. The van der Waals surface area contributed by atoms with Crippen molar-refractivity contribution in [2.45, 2.75) is 6.17 Å². The predicted molar refractivity (Wildman–Crippen MR) is 92.2 cm³/mol. The van der Waals surface area contributed by atoms with Crippen molar-refractivity contribution in [2.24, 2.45) is 0 Å². The largest absolute Gasteiger partial charge is 0.383 e. The van der Waals surface area contributed by atoms with E-state index in [0.29, 0.717) is 34.3 Å². The number of nitrogens with one attached hydrogen (secondary N) is 1. The first-order chi connectivity index (χ1) is 11.1. The Morgan fingerprint density at radius 3 is 2.52 bits per heavy atom. The van der Waals surface area contributed by atoms with Crippen molar-refractivity contribution in [3.05, 3.63) is 63.6 Å². The van der Waals surface area contributed by atoms with Crippen LogP contribution >= 0.6 is 23.2 Å². The summed E-state index contributed by atoms with van der Waals surface area (Å²) in [5.41, 5.74) is 2.09. The summed E-state index contributed by atoms with van der Waals surface area (Å²) in [4.78, 5) is 14.6. The number of para-hydroxylation sites is 1. The lowest BCUT2D eigenvalue weighted by Gasteiger charge is -2.38. The van der Waals surface area contributed by atoms with E-state index in [1.165, 1.54) is 0 Å². The summed E-state index contributed by atoms with van der Waals surface area (Å²) < 4.78 is 5.14. The molecular weight excluding hydrogens is 335 g/mol. The molecule has 120 valence electrons. The van der Waals surface area contributed by atoms with E-state index in [0.717, 1.165) is 5.69 Å². The Labute approximate surface area is 144 Å². The third kappa shape index (κ3) is 3.02. The van der Waals surface area contributed by atoms with Crippen molar-refractivity contribution in [2.75, 3.05) is 25.6 Å². The zero-order valence-corrected chi connectivity index (χ0v) is 14.1. The number of carbonyl (C=O) groups excluding carboxylic acids is 1. The maximum Gasteiger partial charge on any atom is 0.257 e. The van der Waals surface area contributed by atoms with E-state index >= 15 is 0 Å². The van der Waals surface area contributed by atoms with Gasteiger partial charge in [0, 0.05) is 35.0 Å². The van der Waals surface area contributed by atoms with Crippen molar-refractivity contribution in [1.29, 1.82) is 0 Å². The number of nitrogens with zero attached hydrogens (tertiary/aromatic N) is 1. The molecule has 6 heteroatoms. The lowest BCUT2D eigenvalue weighted by atomic mass is 10.0. The van der Waals surface area contributed by atoms with E-state index in [9.17, 15) is 4.79 Å². The first kappa shape index (κ1) is 16.1. The van der Waals surface area contributed by atoms with Crippen LogP contribution in [0.15, 0.2) is 42.5 Å². The second kappa shape index (κ2) is 6.79. The Balaban J connectivity index is 2.08. The predicted octanol–water partition coefficient (Wildman–Crippen LogP) is 4.21. The van der Waals surface area contributed by atoms with E-state index in [1.807, 2.05) is 18.2 Å². The third-order valence-corrected chi connectivity index (χ3v) is 4.49. The summed E-state index contributed by atoms with van der Waals surface area (Å²) in [5.74, 6) is -0.0719. The fourth-order valence-electron chi connectivity index (χ4n) is 2.71. The highest BCUT2D eigenvalue weighted by Gasteiger charge is 2.34. The molecule has 2 aromatic rings. The Kier molecular flexibility index (Phi) is 4.76. The molecule has 0 saturated heterocycles. The number of anilines is 1. The highest BCUT2D eigenvalue weighted by atomic mass is 35.5. The molecule has 0 aromatic heterocycles. The SMILES string of the molecule is COCCN1C(=O)c2ccccc2N[C@@H]1c1c(Cl)cccc1Cl.